The van der Waals surface area contributed by atoms with Crippen molar-refractivity contribution in [1.82, 2.24) is 15.1 Å². The van der Waals surface area contributed by atoms with Crippen LogP contribution in [0, 0.1) is 0 Å². The van der Waals surface area contributed by atoms with Crippen molar-refractivity contribution in [2.45, 2.75) is 44.1 Å². The molecule has 100 valence electrons. The summed E-state index contributed by atoms with van der Waals surface area (Å²) in [5, 5.41) is 4.02. The second-order valence-corrected chi connectivity index (χ2v) is 5.39. The van der Waals surface area contributed by atoms with Crippen molar-refractivity contribution in [1.29, 1.82) is 0 Å². The Morgan fingerprint density at radius 2 is 2.16 bits per heavy atom. The molecule has 2 aromatic heterocycles. The molecule has 0 radical (unpaired) electrons. The van der Waals surface area contributed by atoms with E-state index in [-0.39, 0.29) is 5.54 Å². The summed E-state index contributed by atoms with van der Waals surface area (Å²) in [7, 11) is 0. The zero-order valence-corrected chi connectivity index (χ0v) is 10.9. The minimum absolute atomic E-state index is 0.141. The van der Waals surface area contributed by atoms with Crippen LogP contribution in [0.5, 0.6) is 0 Å². The van der Waals surface area contributed by atoms with Gasteiger partial charge in [-0.05, 0) is 24.5 Å². The van der Waals surface area contributed by atoms with E-state index in [1.807, 2.05) is 18.3 Å². The average Bonchev–Trinajstić information content (AvgIpc) is 3.01. The van der Waals surface area contributed by atoms with Crippen molar-refractivity contribution < 1.29 is 4.52 Å². The molecule has 2 aromatic rings. The highest BCUT2D eigenvalue weighted by molar-refractivity contribution is 5.13. The summed E-state index contributed by atoms with van der Waals surface area (Å²) in [6.07, 6.45) is 9.41. The van der Waals surface area contributed by atoms with Gasteiger partial charge in [0.1, 0.15) is 0 Å². The fourth-order valence-corrected chi connectivity index (χ4v) is 2.68. The highest BCUT2D eigenvalue weighted by Gasteiger charge is 2.31. The molecule has 0 aliphatic heterocycles. The van der Waals surface area contributed by atoms with Gasteiger partial charge in [-0.1, -0.05) is 24.1 Å². The van der Waals surface area contributed by atoms with Gasteiger partial charge < -0.3 is 10.3 Å². The predicted octanol–water partition coefficient (Wildman–Crippen LogP) is 1.87. The van der Waals surface area contributed by atoms with Crippen molar-refractivity contribution in [3.05, 3.63) is 41.8 Å². The molecule has 5 nitrogen and oxygen atoms in total. The molecule has 0 saturated heterocycles. The van der Waals surface area contributed by atoms with E-state index in [0.717, 1.165) is 18.4 Å². The van der Waals surface area contributed by atoms with Crippen molar-refractivity contribution in [2.75, 3.05) is 0 Å². The largest absolute Gasteiger partial charge is 0.339 e. The van der Waals surface area contributed by atoms with E-state index in [9.17, 15) is 0 Å². The molecule has 1 fully saturated rings. The lowest BCUT2D eigenvalue weighted by atomic mass is 9.95. The fourth-order valence-electron chi connectivity index (χ4n) is 2.68. The first-order chi connectivity index (χ1) is 9.23. The standard InChI is InChI=1S/C14H18N4O/c15-14(5-1-2-6-14)9-13-17-12(18-19-13)8-11-4-3-7-16-10-11/h3-4,7,10H,1-2,5-6,8-9,15H2. The fraction of sp³-hybridized carbons (Fsp3) is 0.500. The van der Waals surface area contributed by atoms with E-state index in [4.69, 9.17) is 10.3 Å². The number of nitrogens with two attached hydrogens (primary N) is 1. The number of aromatic nitrogens is 3. The number of hydrogen-bond acceptors (Lipinski definition) is 5. The Balaban J connectivity index is 1.66. The van der Waals surface area contributed by atoms with Gasteiger partial charge in [-0.25, -0.2) is 0 Å². The van der Waals surface area contributed by atoms with Crippen molar-refractivity contribution >= 4 is 0 Å². The maximum Gasteiger partial charge on any atom is 0.228 e. The molecule has 0 bridgehead atoms. The molecule has 0 aromatic carbocycles. The smallest absolute Gasteiger partial charge is 0.228 e. The Morgan fingerprint density at radius 1 is 1.32 bits per heavy atom. The average molecular weight is 258 g/mol. The van der Waals surface area contributed by atoms with E-state index >= 15 is 0 Å². The Kier molecular flexibility index (Phi) is 3.29. The molecule has 5 heteroatoms. The Morgan fingerprint density at radius 3 is 2.89 bits per heavy atom. The van der Waals surface area contributed by atoms with Crippen LogP contribution in [0.4, 0.5) is 0 Å². The van der Waals surface area contributed by atoms with E-state index in [1.54, 1.807) is 6.20 Å². The van der Waals surface area contributed by atoms with Crippen LogP contribution in [0.1, 0.15) is 43.0 Å². The van der Waals surface area contributed by atoms with Crippen LogP contribution in [-0.2, 0) is 12.8 Å². The van der Waals surface area contributed by atoms with Gasteiger partial charge in [0.15, 0.2) is 5.82 Å². The van der Waals surface area contributed by atoms with Gasteiger partial charge in [0, 0.05) is 30.8 Å². The van der Waals surface area contributed by atoms with E-state index in [2.05, 4.69) is 15.1 Å². The number of hydrogen-bond donors (Lipinski definition) is 1. The van der Waals surface area contributed by atoms with Crippen LogP contribution in [0.25, 0.3) is 0 Å². The molecule has 0 atom stereocenters. The first kappa shape index (κ1) is 12.3. The van der Waals surface area contributed by atoms with Gasteiger partial charge >= 0.3 is 0 Å². The van der Waals surface area contributed by atoms with Gasteiger partial charge in [0.2, 0.25) is 5.89 Å². The Labute approximate surface area is 112 Å². The molecule has 0 spiro atoms. The molecule has 1 aliphatic rings. The molecule has 19 heavy (non-hydrogen) atoms. The van der Waals surface area contributed by atoms with Gasteiger partial charge in [-0.2, -0.15) is 4.98 Å². The van der Waals surface area contributed by atoms with Crippen LogP contribution in [-0.4, -0.2) is 20.7 Å². The number of nitrogens with zero attached hydrogens (tertiary/aromatic N) is 3. The monoisotopic (exact) mass is 258 g/mol. The molecule has 2 N–H and O–H groups in total. The van der Waals surface area contributed by atoms with Crippen LogP contribution < -0.4 is 5.73 Å². The molecule has 0 amide bonds. The first-order valence-electron chi connectivity index (χ1n) is 6.73. The number of pyridine rings is 1. The molecular weight excluding hydrogens is 240 g/mol. The zero-order valence-electron chi connectivity index (χ0n) is 10.9. The van der Waals surface area contributed by atoms with Gasteiger partial charge in [0.05, 0.1) is 0 Å². The summed E-state index contributed by atoms with van der Waals surface area (Å²) in [6.45, 7) is 0. The molecule has 3 rings (SSSR count). The second-order valence-electron chi connectivity index (χ2n) is 5.39. The van der Waals surface area contributed by atoms with Crippen molar-refractivity contribution in [3.8, 4) is 0 Å². The van der Waals surface area contributed by atoms with Crippen LogP contribution in [0.3, 0.4) is 0 Å². The Hall–Kier alpha value is -1.75. The van der Waals surface area contributed by atoms with E-state index < -0.39 is 0 Å². The molecule has 2 heterocycles. The lowest BCUT2D eigenvalue weighted by Gasteiger charge is -2.20. The van der Waals surface area contributed by atoms with Gasteiger partial charge in [0.25, 0.3) is 0 Å². The topological polar surface area (TPSA) is 77.8 Å². The molecule has 0 unspecified atom stereocenters. The molecule has 1 aliphatic carbocycles. The van der Waals surface area contributed by atoms with E-state index in [1.165, 1.54) is 12.8 Å². The SMILES string of the molecule is NC1(Cc2nc(Cc3cccnc3)no2)CCCC1. The van der Waals surface area contributed by atoms with Crippen LogP contribution in [0.2, 0.25) is 0 Å². The summed E-state index contributed by atoms with van der Waals surface area (Å²) in [5.74, 6) is 1.35. The molecule has 1 saturated carbocycles. The van der Waals surface area contributed by atoms with Crippen LogP contribution >= 0.6 is 0 Å². The summed E-state index contributed by atoms with van der Waals surface area (Å²) in [6, 6.07) is 3.91. The van der Waals surface area contributed by atoms with Gasteiger partial charge in [-0.15, -0.1) is 0 Å². The predicted molar refractivity (Wildman–Crippen MR) is 70.4 cm³/mol. The highest BCUT2D eigenvalue weighted by atomic mass is 16.5. The van der Waals surface area contributed by atoms with Gasteiger partial charge in [-0.3, -0.25) is 4.98 Å². The third-order valence-electron chi connectivity index (χ3n) is 3.70. The van der Waals surface area contributed by atoms with Crippen LogP contribution in [0.15, 0.2) is 29.0 Å². The normalized spacial score (nSPS) is 17.7. The summed E-state index contributed by atoms with van der Waals surface area (Å²) in [5.41, 5.74) is 7.26. The number of rotatable bonds is 4. The summed E-state index contributed by atoms with van der Waals surface area (Å²) >= 11 is 0. The third kappa shape index (κ3) is 2.98. The lowest BCUT2D eigenvalue weighted by molar-refractivity contribution is 0.327. The third-order valence-corrected chi connectivity index (χ3v) is 3.70. The first-order valence-corrected chi connectivity index (χ1v) is 6.73. The quantitative estimate of drug-likeness (QED) is 0.905. The van der Waals surface area contributed by atoms with Crippen molar-refractivity contribution in [2.24, 2.45) is 5.73 Å². The lowest BCUT2D eigenvalue weighted by Crippen LogP contribution is -2.38. The zero-order chi connectivity index (χ0) is 13.1. The molecular formula is C14H18N4O. The summed E-state index contributed by atoms with van der Waals surface area (Å²) < 4.78 is 5.30. The maximum absolute atomic E-state index is 6.32. The minimum atomic E-state index is -0.141. The Bertz CT molecular complexity index is 531. The highest BCUT2D eigenvalue weighted by Crippen LogP contribution is 2.29. The second kappa shape index (κ2) is 5.09. The maximum atomic E-state index is 6.32. The van der Waals surface area contributed by atoms with Crippen molar-refractivity contribution in [3.63, 3.8) is 0 Å². The van der Waals surface area contributed by atoms with E-state index in [0.29, 0.717) is 24.6 Å². The summed E-state index contributed by atoms with van der Waals surface area (Å²) in [4.78, 5) is 8.50. The minimum Gasteiger partial charge on any atom is -0.339 e.